The fraction of sp³-hybridized carbons (Fsp3) is 0.278. The second-order valence-corrected chi connectivity index (χ2v) is 5.52. The summed E-state index contributed by atoms with van der Waals surface area (Å²) in [4.78, 5) is 12.6. The lowest BCUT2D eigenvalue weighted by molar-refractivity contribution is -0.123. The van der Waals surface area contributed by atoms with Crippen molar-refractivity contribution in [2.45, 2.75) is 25.4 Å². The maximum Gasteiger partial charge on any atom is 0.229 e. The largest absolute Gasteiger partial charge is 0.349 e. The Morgan fingerprint density at radius 1 is 1.14 bits per heavy atom. The summed E-state index contributed by atoms with van der Waals surface area (Å²) < 4.78 is 0. The Hall–Kier alpha value is -2.13. The topological polar surface area (TPSA) is 41.1 Å². The molecule has 0 saturated carbocycles. The molecule has 2 N–H and O–H groups in total. The van der Waals surface area contributed by atoms with Gasteiger partial charge in [0.05, 0.1) is 12.0 Å². The van der Waals surface area contributed by atoms with Gasteiger partial charge in [-0.25, -0.2) is 0 Å². The van der Waals surface area contributed by atoms with Crippen molar-refractivity contribution in [3.8, 4) is 0 Å². The van der Waals surface area contributed by atoms with Crippen LogP contribution >= 0.6 is 0 Å². The number of amides is 1. The molecule has 1 unspecified atom stereocenters. The number of carbonyl (C=O) groups excluding carboxylic acids is 1. The first-order chi connectivity index (χ1) is 10.3. The van der Waals surface area contributed by atoms with Gasteiger partial charge >= 0.3 is 0 Å². The van der Waals surface area contributed by atoms with Gasteiger partial charge < -0.3 is 10.6 Å². The number of hydrogen-bond acceptors (Lipinski definition) is 2. The van der Waals surface area contributed by atoms with Crippen molar-refractivity contribution < 1.29 is 4.79 Å². The Kier molecular flexibility index (Phi) is 4.02. The third-order valence-corrected chi connectivity index (χ3v) is 4.07. The van der Waals surface area contributed by atoms with Crippen LogP contribution in [0.2, 0.25) is 0 Å². The fourth-order valence-electron chi connectivity index (χ4n) is 2.87. The Morgan fingerprint density at radius 3 is 2.67 bits per heavy atom. The molecule has 1 aliphatic heterocycles. The maximum absolute atomic E-state index is 12.6. The van der Waals surface area contributed by atoms with Crippen molar-refractivity contribution in [2.24, 2.45) is 0 Å². The van der Waals surface area contributed by atoms with Crippen LogP contribution in [-0.4, -0.2) is 12.5 Å². The van der Waals surface area contributed by atoms with E-state index < -0.39 is 0 Å². The van der Waals surface area contributed by atoms with Crippen molar-refractivity contribution in [1.29, 1.82) is 0 Å². The van der Waals surface area contributed by atoms with E-state index in [2.05, 4.69) is 22.8 Å². The lowest BCUT2D eigenvalue weighted by Gasteiger charge is -2.27. The first-order valence-corrected chi connectivity index (χ1v) is 7.39. The maximum atomic E-state index is 12.6. The van der Waals surface area contributed by atoms with Crippen LogP contribution in [0.25, 0.3) is 0 Å². The quantitative estimate of drug-likeness (QED) is 0.907. The van der Waals surface area contributed by atoms with Gasteiger partial charge in [0.25, 0.3) is 0 Å². The first-order valence-electron chi connectivity index (χ1n) is 7.39. The third kappa shape index (κ3) is 2.98. The monoisotopic (exact) mass is 280 g/mol. The van der Waals surface area contributed by atoms with E-state index in [1.54, 1.807) is 0 Å². The van der Waals surface area contributed by atoms with Crippen LogP contribution in [0.5, 0.6) is 0 Å². The minimum atomic E-state index is -0.110. The van der Waals surface area contributed by atoms with Gasteiger partial charge in [-0.15, -0.1) is 0 Å². The summed E-state index contributed by atoms with van der Waals surface area (Å²) in [7, 11) is 0. The van der Waals surface area contributed by atoms with Crippen molar-refractivity contribution in [3.05, 3.63) is 71.3 Å². The number of carbonyl (C=O) groups is 1. The molecule has 1 amide bonds. The van der Waals surface area contributed by atoms with Gasteiger partial charge in [-0.05, 0) is 23.6 Å². The van der Waals surface area contributed by atoms with Gasteiger partial charge in [0, 0.05) is 13.1 Å². The van der Waals surface area contributed by atoms with Crippen molar-refractivity contribution in [3.63, 3.8) is 0 Å². The molecule has 2 atom stereocenters. The first kappa shape index (κ1) is 13.8. The van der Waals surface area contributed by atoms with E-state index in [1.807, 2.05) is 49.4 Å². The molecule has 0 fully saturated rings. The predicted molar refractivity (Wildman–Crippen MR) is 83.9 cm³/mol. The second-order valence-electron chi connectivity index (χ2n) is 5.52. The molecule has 3 heteroatoms. The number of fused-ring (bicyclic) bond motifs is 1. The molecule has 0 spiro atoms. The standard InChI is InChI=1S/C18H20N2O/c1-13(14-7-3-2-4-8-14)20-18(21)17-12-19-11-15-9-5-6-10-16(15)17/h2-10,13,17,19H,11-12H2,1H3,(H,20,21)/t13-,17?/m1/s1. The number of hydrogen-bond donors (Lipinski definition) is 2. The van der Waals surface area contributed by atoms with Crippen LogP contribution in [0.15, 0.2) is 54.6 Å². The normalized spacial score (nSPS) is 18.6. The Bertz CT molecular complexity index is 624. The van der Waals surface area contributed by atoms with E-state index >= 15 is 0 Å². The summed E-state index contributed by atoms with van der Waals surface area (Å²) in [5.41, 5.74) is 3.49. The molecule has 0 aliphatic carbocycles. The predicted octanol–water partition coefficient (Wildman–Crippen LogP) is 2.75. The van der Waals surface area contributed by atoms with Crippen molar-refractivity contribution in [1.82, 2.24) is 10.6 Å². The summed E-state index contributed by atoms with van der Waals surface area (Å²) in [5.74, 6) is -0.0212. The van der Waals surface area contributed by atoms with E-state index in [0.29, 0.717) is 6.54 Å². The molecule has 0 aromatic heterocycles. The summed E-state index contributed by atoms with van der Waals surface area (Å²) in [5, 5.41) is 6.45. The molecule has 0 saturated heterocycles. The highest BCUT2D eigenvalue weighted by Crippen LogP contribution is 2.25. The van der Waals surface area contributed by atoms with Gasteiger partial charge in [-0.3, -0.25) is 4.79 Å². The van der Waals surface area contributed by atoms with Gasteiger partial charge in [0.15, 0.2) is 0 Å². The zero-order valence-electron chi connectivity index (χ0n) is 12.2. The van der Waals surface area contributed by atoms with Gasteiger partial charge in [0.2, 0.25) is 5.91 Å². The molecule has 3 rings (SSSR count). The molecule has 21 heavy (non-hydrogen) atoms. The highest BCUT2D eigenvalue weighted by atomic mass is 16.2. The summed E-state index contributed by atoms with van der Waals surface area (Å²) in [6.07, 6.45) is 0. The van der Waals surface area contributed by atoms with Crippen molar-refractivity contribution in [2.75, 3.05) is 6.54 Å². The highest BCUT2D eigenvalue weighted by molar-refractivity contribution is 5.85. The molecular formula is C18H20N2O. The van der Waals surface area contributed by atoms with Crippen LogP contribution in [0.1, 0.15) is 35.6 Å². The van der Waals surface area contributed by atoms with E-state index in [-0.39, 0.29) is 17.9 Å². The Labute approximate surface area is 125 Å². The molecule has 0 bridgehead atoms. The fourth-order valence-corrected chi connectivity index (χ4v) is 2.87. The Balaban J connectivity index is 1.75. The lowest BCUT2D eigenvalue weighted by Crippen LogP contribution is -2.39. The number of benzene rings is 2. The minimum absolute atomic E-state index is 0.0211. The zero-order valence-corrected chi connectivity index (χ0v) is 12.2. The Morgan fingerprint density at radius 2 is 1.86 bits per heavy atom. The highest BCUT2D eigenvalue weighted by Gasteiger charge is 2.26. The van der Waals surface area contributed by atoms with Crippen LogP contribution in [0, 0.1) is 0 Å². The summed E-state index contributed by atoms with van der Waals surface area (Å²) >= 11 is 0. The van der Waals surface area contributed by atoms with Crippen LogP contribution in [0.4, 0.5) is 0 Å². The molecule has 108 valence electrons. The van der Waals surface area contributed by atoms with E-state index in [4.69, 9.17) is 0 Å². The van der Waals surface area contributed by atoms with E-state index in [9.17, 15) is 4.79 Å². The van der Waals surface area contributed by atoms with Crippen LogP contribution in [0.3, 0.4) is 0 Å². The summed E-state index contributed by atoms with van der Waals surface area (Å²) in [6.45, 7) is 3.56. The average molecular weight is 280 g/mol. The van der Waals surface area contributed by atoms with Crippen LogP contribution < -0.4 is 10.6 Å². The van der Waals surface area contributed by atoms with Gasteiger partial charge in [0.1, 0.15) is 0 Å². The third-order valence-electron chi connectivity index (χ3n) is 4.07. The average Bonchev–Trinajstić information content (AvgIpc) is 2.55. The molecule has 3 nitrogen and oxygen atoms in total. The molecule has 1 aliphatic rings. The molecule has 1 heterocycles. The second kappa shape index (κ2) is 6.10. The van der Waals surface area contributed by atoms with Gasteiger partial charge in [-0.2, -0.15) is 0 Å². The van der Waals surface area contributed by atoms with Crippen LogP contribution in [-0.2, 0) is 11.3 Å². The lowest BCUT2D eigenvalue weighted by atomic mass is 9.90. The number of rotatable bonds is 3. The van der Waals surface area contributed by atoms with Crippen molar-refractivity contribution >= 4 is 5.91 Å². The van der Waals surface area contributed by atoms with Gasteiger partial charge in [-0.1, -0.05) is 54.6 Å². The summed E-state index contributed by atoms with van der Waals surface area (Å²) in [6, 6.07) is 18.3. The molecule has 0 radical (unpaired) electrons. The number of nitrogens with one attached hydrogen (secondary N) is 2. The SMILES string of the molecule is C[C@@H](NC(=O)C1CNCc2ccccc21)c1ccccc1. The van der Waals surface area contributed by atoms with E-state index in [1.165, 1.54) is 5.56 Å². The smallest absolute Gasteiger partial charge is 0.229 e. The minimum Gasteiger partial charge on any atom is -0.349 e. The molecule has 2 aromatic carbocycles. The van der Waals surface area contributed by atoms with E-state index in [0.717, 1.165) is 17.7 Å². The molecular weight excluding hydrogens is 260 g/mol. The zero-order chi connectivity index (χ0) is 14.7. The molecule has 2 aromatic rings.